The smallest absolute Gasteiger partial charge is 0.119 e. The summed E-state index contributed by atoms with van der Waals surface area (Å²) in [4.78, 5) is 0. The molecule has 0 aliphatic carbocycles. The molecule has 0 bridgehead atoms. The van der Waals surface area contributed by atoms with Gasteiger partial charge in [-0.05, 0) is 41.7 Å². The number of hydrogen-bond acceptors (Lipinski definition) is 2. The van der Waals surface area contributed by atoms with Crippen molar-refractivity contribution in [2.45, 2.75) is 32.7 Å². The first-order valence-electron chi connectivity index (χ1n) is 7.12. The van der Waals surface area contributed by atoms with Crippen LogP contribution in [-0.2, 0) is 0 Å². The SMILES string of the molecule is Cc1ccccc1C(N)COc1ccc(C(C)C)cc1. The standard InChI is InChI=1S/C18H23NO/c1-13(2)15-8-10-16(11-9-15)20-12-18(19)17-7-5-4-6-14(17)3/h4-11,13,18H,12,19H2,1-3H3. The zero-order valence-electron chi connectivity index (χ0n) is 12.5. The van der Waals surface area contributed by atoms with Gasteiger partial charge in [-0.3, -0.25) is 0 Å². The van der Waals surface area contributed by atoms with Crippen molar-refractivity contribution in [2.75, 3.05) is 6.61 Å². The maximum absolute atomic E-state index is 6.20. The highest BCUT2D eigenvalue weighted by Gasteiger charge is 2.09. The second-order valence-corrected chi connectivity index (χ2v) is 5.50. The summed E-state index contributed by atoms with van der Waals surface area (Å²) < 4.78 is 5.79. The summed E-state index contributed by atoms with van der Waals surface area (Å²) in [5.74, 6) is 1.41. The van der Waals surface area contributed by atoms with Crippen molar-refractivity contribution in [1.29, 1.82) is 0 Å². The fraction of sp³-hybridized carbons (Fsp3) is 0.333. The molecule has 2 aromatic carbocycles. The minimum atomic E-state index is -0.0963. The molecule has 0 aromatic heterocycles. The second kappa shape index (κ2) is 6.58. The number of ether oxygens (including phenoxy) is 1. The first kappa shape index (κ1) is 14.6. The van der Waals surface area contributed by atoms with E-state index in [1.54, 1.807) is 0 Å². The van der Waals surface area contributed by atoms with Crippen molar-refractivity contribution in [1.82, 2.24) is 0 Å². The average Bonchev–Trinajstić information content (AvgIpc) is 2.45. The van der Waals surface area contributed by atoms with Crippen LogP contribution in [0.25, 0.3) is 0 Å². The monoisotopic (exact) mass is 269 g/mol. The number of nitrogens with two attached hydrogens (primary N) is 1. The van der Waals surface area contributed by atoms with Gasteiger partial charge < -0.3 is 10.5 Å². The van der Waals surface area contributed by atoms with E-state index in [-0.39, 0.29) is 6.04 Å². The van der Waals surface area contributed by atoms with Crippen LogP contribution in [0.5, 0.6) is 5.75 Å². The van der Waals surface area contributed by atoms with Gasteiger partial charge in [0.15, 0.2) is 0 Å². The summed E-state index contributed by atoms with van der Waals surface area (Å²) in [5.41, 5.74) is 9.87. The van der Waals surface area contributed by atoms with Gasteiger partial charge in [0.25, 0.3) is 0 Å². The third kappa shape index (κ3) is 3.61. The van der Waals surface area contributed by atoms with Gasteiger partial charge in [0.2, 0.25) is 0 Å². The fourth-order valence-corrected chi connectivity index (χ4v) is 2.23. The first-order chi connectivity index (χ1) is 9.58. The van der Waals surface area contributed by atoms with Crippen LogP contribution < -0.4 is 10.5 Å². The van der Waals surface area contributed by atoms with Gasteiger partial charge in [0.05, 0.1) is 6.04 Å². The number of benzene rings is 2. The quantitative estimate of drug-likeness (QED) is 0.883. The van der Waals surface area contributed by atoms with E-state index in [1.807, 2.05) is 24.3 Å². The highest BCUT2D eigenvalue weighted by atomic mass is 16.5. The number of rotatable bonds is 5. The molecule has 0 spiro atoms. The lowest BCUT2D eigenvalue weighted by molar-refractivity contribution is 0.290. The molecule has 0 aliphatic heterocycles. The van der Waals surface area contributed by atoms with E-state index < -0.39 is 0 Å². The van der Waals surface area contributed by atoms with Crippen molar-refractivity contribution in [3.05, 3.63) is 65.2 Å². The fourth-order valence-electron chi connectivity index (χ4n) is 2.23. The summed E-state index contributed by atoms with van der Waals surface area (Å²) in [6, 6.07) is 16.3. The Balaban J connectivity index is 1.96. The van der Waals surface area contributed by atoms with Gasteiger partial charge in [-0.15, -0.1) is 0 Å². The molecule has 0 amide bonds. The molecule has 2 aromatic rings. The van der Waals surface area contributed by atoms with E-state index >= 15 is 0 Å². The molecule has 2 heteroatoms. The molecular weight excluding hydrogens is 246 g/mol. The lowest BCUT2D eigenvalue weighted by Crippen LogP contribution is -2.19. The van der Waals surface area contributed by atoms with Gasteiger partial charge in [-0.25, -0.2) is 0 Å². The minimum Gasteiger partial charge on any atom is -0.492 e. The summed E-state index contributed by atoms with van der Waals surface area (Å²) in [6.07, 6.45) is 0. The Morgan fingerprint density at radius 2 is 1.65 bits per heavy atom. The molecule has 0 heterocycles. The second-order valence-electron chi connectivity index (χ2n) is 5.50. The Morgan fingerprint density at radius 1 is 1.00 bits per heavy atom. The predicted octanol–water partition coefficient (Wildman–Crippen LogP) is 4.20. The van der Waals surface area contributed by atoms with E-state index in [0.29, 0.717) is 12.5 Å². The lowest BCUT2D eigenvalue weighted by Gasteiger charge is -2.16. The van der Waals surface area contributed by atoms with Gasteiger partial charge in [0.1, 0.15) is 12.4 Å². The van der Waals surface area contributed by atoms with E-state index in [0.717, 1.165) is 11.3 Å². The molecule has 2 N–H and O–H groups in total. The Hall–Kier alpha value is -1.80. The largest absolute Gasteiger partial charge is 0.492 e. The summed E-state index contributed by atoms with van der Waals surface area (Å²) in [5, 5.41) is 0. The molecule has 20 heavy (non-hydrogen) atoms. The highest BCUT2D eigenvalue weighted by Crippen LogP contribution is 2.20. The van der Waals surface area contributed by atoms with Gasteiger partial charge in [-0.1, -0.05) is 50.2 Å². The van der Waals surface area contributed by atoms with E-state index in [4.69, 9.17) is 10.5 Å². The Labute approximate surface area is 121 Å². The molecule has 2 rings (SSSR count). The zero-order chi connectivity index (χ0) is 14.5. The first-order valence-corrected chi connectivity index (χ1v) is 7.12. The molecular formula is C18H23NO. The normalized spacial score (nSPS) is 12.4. The summed E-state index contributed by atoms with van der Waals surface area (Å²) >= 11 is 0. The third-order valence-corrected chi connectivity index (χ3v) is 3.56. The average molecular weight is 269 g/mol. The predicted molar refractivity (Wildman–Crippen MR) is 84.1 cm³/mol. The molecule has 0 fully saturated rings. The molecule has 0 aliphatic rings. The van der Waals surface area contributed by atoms with Gasteiger partial charge in [0, 0.05) is 0 Å². The minimum absolute atomic E-state index is 0.0963. The Bertz CT molecular complexity index is 546. The van der Waals surface area contributed by atoms with Gasteiger partial charge >= 0.3 is 0 Å². The van der Waals surface area contributed by atoms with Crippen LogP contribution in [-0.4, -0.2) is 6.61 Å². The van der Waals surface area contributed by atoms with Crippen LogP contribution in [0.4, 0.5) is 0 Å². The highest BCUT2D eigenvalue weighted by molar-refractivity contribution is 5.30. The Kier molecular flexibility index (Phi) is 4.80. The van der Waals surface area contributed by atoms with E-state index in [9.17, 15) is 0 Å². The molecule has 0 radical (unpaired) electrons. The van der Waals surface area contributed by atoms with Crippen molar-refractivity contribution in [2.24, 2.45) is 5.73 Å². The van der Waals surface area contributed by atoms with Crippen LogP contribution >= 0.6 is 0 Å². The van der Waals surface area contributed by atoms with Crippen molar-refractivity contribution >= 4 is 0 Å². The van der Waals surface area contributed by atoms with Crippen molar-refractivity contribution in [3.8, 4) is 5.75 Å². The number of hydrogen-bond donors (Lipinski definition) is 1. The van der Waals surface area contributed by atoms with Crippen molar-refractivity contribution < 1.29 is 4.74 Å². The van der Waals surface area contributed by atoms with Crippen LogP contribution in [0.2, 0.25) is 0 Å². The Morgan fingerprint density at radius 3 is 2.25 bits per heavy atom. The molecule has 2 nitrogen and oxygen atoms in total. The maximum Gasteiger partial charge on any atom is 0.119 e. The van der Waals surface area contributed by atoms with E-state index in [1.165, 1.54) is 11.1 Å². The summed E-state index contributed by atoms with van der Waals surface area (Å²) in [6.45, 7) is 6.94. The molecule has 1 atom stereocenters. The van der Waals surface area contributed by atoms with Crippen LogP contribution in [0, 0.1) is 6.92 Å². The molecule has 1 unspecified atom stereocenters. The molecule has 0 saturated carbocycles. The molecule has 0 saturated heterocycles. The molecule has 106 valence electrons. The van der Waals surface area contributed by atoms with Crippen molar-refractivity contribution in [3.63, 3.8) is 0 Å². The number of aryl methyl sites for hydroxylation is 1. The van der Waals surface area contributed by atoms with E-state index in [2.05, 4.69) is 45.0 Å². The van der Waals surface area contributed by atoms with Crippen LogP contribution in [0.15, 0.2) is 48.5 Å². The zero-order valence-corrected chi connectivity index (χ0v) is 12.5. The van der Waals surface area contributed by atoms with Gasteiger partial charge in [-0.2, -0.15) is 0 Å². The topological polar surface area (TPSA) is 35.2 Å². The summed E-state index contributed by atoms with van der Waals surface area (Å²) in [7, 11) is 0. The maximum atomic E-state index is 6.20. The lowest BCUT2D eigenvalue weighted by atomic mass is 10.0. The third-order valence-electron chi connectivity index (χ3n) is 3.56. The van der Waals surface area contributed by atoms with Crippen LogP contribution in [0.3, 0.4) is 0 Å². The van der Waals surface area contributed by atoms with Crippen LogP contribution in [0.1, 0.15) is 42.5 Å².